The minimum Gasteiger partial charge on any atom is -0.390 e. The van der Waals surface area contributed by atoms with Crippen LogP contribution in [0.2, 0.25) is 0 Å². The monoisotopic (exact) mass is 394 g/mol. The maximum absolute atomic E-state index is 12.6. The number of ketones is 1. The van der Waals surface area contributed by atoms with E-state index in [0.29, 0.717) is 19.4 Å². The van der Waals surface area contributed by atoms with Gasteiger partial charge in [0, 0.05) is 31.1 Å². The number of aryl methyl sites for hydroxylation is 1. The smallest absolute Gasteiger partial charge is 0.251 e. The predicted molar refractivity (Wildman–Crippen MR) is 111 cm³/mol. The molecular formula is C22H26N4O3. The quantitative estimate of drug-likeness (QED) is 0.634. The van der Waals surface area contributed by atoms with Gasteiger partial charge in [-0.15, -0.1) is 0 Å². The summed E-state index contributed by atoms with van der Waals surface area (Å²) < 4.78 is 1.58. The standard InChI is InChI=1S/C22H26N4O3/c1-4-20(27)19(22(2,3)29)10-14-25-13-9-17(15-21(25)28)16-5-7-18(8-6-16)26-23-11-12-24-26/h5-9,11-13,15,19,29H,4,10,14H2,1-3H3. The molecule has 3 rings (SSSR count). The number of hydrogen-bond acceptors (Lipinski definition) is 5. The zero-order chi connectivity index (χ0) is 21.0. The van der Waals surface area contributed by atoms with Crippen molar-refractivity contribution < 1.29 is 9.90 Å². The molecule has 2 aromatic heterocycles. The van der Waals surface area contributed by atoms with E-state index in [2.05, 4.69) is 10.2 Å². The van der Waals surface area contributed by atoms with Crippen molar-refractivity contribution >= 4 is 5.78 Å². The van der Waals surface area contributed by atoms with Crippen LogP contribution in [0.4, 0.5) is 0 Å². The van der Waals surface area contributed by atoms with Gasteiger partial charge in [0.25, 0.3) is 5.56 Å². The third-order valence-electron chi connectivity index (χ3n) is 5.09. The summed E-state index contributed by atoms with van der Waals surface area (Å²) in [5.41, 5.74) is 1.32. The van der Waals surface area contributed by atoms with Crippen LogP contribution in [0.3, 0.4) is 0 Å². The summed E-state index contributed by atoms with van der Waals surface area (Å²) in [6.07, 6.45) is 5.75. The molecule has 1 unspecified atom stereocenters. The normalized spacial score (nSPS) is 12.7. The van der Waals surface area contributed by atoms with Gasteiger partial charge in [-0.1, -0.05) is 19.1 Å². The predicted octanol–water partition coefficient (Wildman–Crippen LogP) is 2.85. The molecule has 3 aromatic rings. The van der Waals surface area contributed by atoms with Crippen molar-refractivity contribution in [3.05, 3.63) is 65.3 Å². The van der Waals surface area contributed by atoms with E-state index >= 15 is 0 Å². The van der Waals surface area contributed by atoms with Crippen LogP contribution >= 0.6 is 0 Å². The minimum absolute atomic E-state index is 0.00827. The minimum atomic E-state index is -1.11. The second-order valence-electron chi connectivity index (χ2n) is 7.63. The molecule has 7 heteroatoms. The van der Waals surface area contributed by atoms with E-state index in [4.69, 9.17) is 0 Å². The molecule has 0 aliphatic rings. The summed E-state index contributed by atoms with van der Waals surface area (Å²) in [6, 6.07) is 11.1. The highest BCUT2D eigenvalue weighted by atomic mass is 16.3. The maximum Gasteiger partial charge on any atom is 0.251 e. The van der Waals surface area contributed by atoms with E-state index in [1.165, 1.54) is 4.80 Å². The van der Waals surface area contributed by atoms with Crippen LogP contribution in [0, 0.1) is 5.92 Å². The second-order valence-corrected chi connectivity index (χ2v) is 7.63. The van der Waals surface area contributed by atoms with E-state index in [-0.39, 0.29) is 11.3 Å². The Kier molecular flexibility index (Phi) is 6.08. The molecule has 7 nitrogen and oxygen atoms in total. The average molecular weight is 394 g/mol. The lowest BCUT2D eigenvalue weighted by atomic mass is 9.83. The number of carbonyl (C=O) groups is 1. The molecule has 0 fully saturated rings. The van der Waals surface area contributed by atoms with Crippen LogP contribution in [0.25, 0.3) is 16.8 Å². The molecule has 0 aliphatic heterocycles. The van der Waals surface area contributed by atoms with Gasteiger partial charge in [0.15, 0.2) is 0 Å². The van der Waals surface area contributed by atoms with Gasteiger partial charge in [0.05, 0.1) is 23.7 Å². The lowest BCUT2D eigenvalue weighted by Gasteiger charge is -2.28. The number of Topliss-reactive ketones (excluding diaryl/α,β-unsaturated/α-hetero) is 1. The Morgan fingerprint density at radius 2 is 1.76 bits per heavy atom. The highest BCUT2D eigenvalue weighted by Gasteiger charge is 2.31. The van der Waals surface area contributed by atoms with Crippen molar-refractivity contribution in [2.24, 2.45) is 5.92 Å². The summed E-state index contributed by atoms with van der Waals surface area (Å²) in [7, 11) is 0. The molecule has 29 heavy (non-hydrogen) atoms. The SMILES string of the molecule is CCC(=O)C(CCn1ccc(-c2ccc(-n3nccn3)cc2)cc1=O)C(C)(C)O. The first kappa shape index (κ1) is 20.7. The van der Waals surface area contributed by atoms with Gasteiger partial charge < -0.3 is 9.67 Å². The molecule has 0 bridgehead atoms. The van der Waals surface area contributed by atoms with E-state index < -0.39 is 11.5 Å². The van der Waals surface area contributed by atoms with E-state index in [1.54, 1.807) is 50.0 Å². The van der Waals surface area contributed by atoms with Gasteiger partial charge in [-0.2, -0.15) is 15.0 Å². The van der Waals surface area contributed by atoms with Crippen LogP contribution in [-0.2, 0) is 11.3 Å². The zero-order valence-electron chi connectivity index (χ0n) is 16.9. The van der Waals surface area contributed by atoms with Crippen molar-refractivity contribution in [2.45, 2.75) is 45.8 Å². The van der Waals surface area contributed by atoms with Gasteiger partial charge in [-0.3, -0.25) is 9.59 Å². The number of aliphatic hydroxyl groups is 1. The molecular weight excluding hydrogens is 368 g/mol. The largest absolute Gasteiger partial charge is 0.390 e. The number of aromatic nitrogens is 4. The van der Waals surface area contributed by atoms with Crippen LogP contribution < -0.4 is 5.56 Å². The second kappa shape index (κ2) is 8.53. The fourth-order valence-corrected chi connectivity index (χ4v) is 3.43. The highest BCUT2D eigenvalue weighted by Crippen LogP contribution is 2.23. The molecule has 0 saturated heterocycles. The van der Waals surface area contributed by atoms with E-state index in [9.17, 15) is 14.7 Å². The zero-order valence-corrected chi connectivity index (χ0v) is 16.9. The third kappa shape index (κ3) is 4.86. The van der Waals surface area contributed by atoms with E-state index in [0.717, 1.165) is 16.8 Å². The Labute approximate surface area is 169 Å². The summed E-state index contributed by atoms with van der Waals surface area (Å²) >= 11 is 0. The summed E-state index contributed by atoms with van der Waals surface area (Å²) in [4.78, 5) is 26.2. The van der Waals surface area contributed by atoms with Crippen molar-refractivity contribution in [1.29, 1.82) is 0 Å². The molecule has 0 amide bonds. The first-order valence-electron chi connectivity index (χ1n) is 9.72. The molecule has 0 saturated carbocycles. The molecule has 1 atom stereocenters. The number of hydrogen-bond donors (Lipinski definition) is 1. The number of pyridine rings is 1. The molecule has 0 radical (unpaired) electrons. The lowest BCUT2D eigenvalue weighted by molar-refractivity contribution is -0.130. The fourth-order valence-electron chi connectivity index (χ4n) is 3.43. The Morgan fingerprint density at radius 3 is 2.31 bits per heavy atom. The number of benzene rings is 1. The lowest BCUT2D eigenvalue weighted by Crippen LogP contribution is -2.38. The van der Waals surface area contributed by atoms with Crippen LogP contribution in [0.15, 0.2) is 59.8 Å². The molecule has 0 spiro atoms. The third-order valence-corrected chi connectivity index (χ3v) is 5.09. The van der Waals surface area contributed by atoms with Crippen LogP contribution in [0.5, 0.6) is 0 Å². The van der Waals surface area contributed by atoms with Gasteiger partial charge in [0.2, 0.25) is 0 Å². The van der Waals surface area contributed by atoms with Gasteiger partial charge in [-0.25, -0.2) is 0 Å². The summed E-state index contributed by atoms with van der Waals surface area (Å²) in [5, 5.41) is 18.5. The van der Waals surface area contributed by atoms with Gasteiger partial charge in [0.1, 0.15) is 5.78 Å². The van der Waals surface area contributed by atoms with Crippen molar-refractivity contribution in [3.8, 4) is 16.8 Å². The molecule has 152 valence electrons. The summed E-state index contributed by atoms with van der Waals surface area (Å²) in [5.74, 6) is -0.489. The molecule has 1 N–H and O–H groups in total. The van der Waals surface area contributed by atoms with Gasteiger partial charge in [-0.05, 0) is 49.6 Å². The first-order valence-corrected chi connectivity index (χ1v) is 9.72. The first-order chi connectivity index (χ1) is 13.8. The maximum atomic E-state index is 12.6. The Balaban J connectivity index is 1.75. The molecule has 2 heterocycles. The molecule has 0 aliphatic carbocycles. The Hall–Kier alpha value is -3.06. The highest BCUT2D eigenvalue weighted by molar-refractivity contribution is 5.81. The van der Waals surface area contributed by atoms with Crippen molar-refractivity contribution in [1.82, 2.24) is 19.6 Å². The number of carbonyl (C=O) groups excluding carboxylic acids is 1. The van der Waals surface area contributed by atoms with Crippen LogP contribution in [-0.4, -0.2) is 36.1 Å². The van der Waals surface area contributed by atoms with Crippen molar-refractivity contribution in [2.75, 3.05) is 0 Å². The number of rotatable bonds is 8. The number of nitrogens with zero attached hydrogens (tertiary/aromatic N) is 4. The van der Waals surface area contributed by atoms with E-state index in [1.807, 2.05) is 30.3 Å². The van der Waals surface area contributed by atoms with Crippen LogP contribution in [0.1, 0.15) is 33.6 Å². The fraction of sp³-hybridized carbons (Fsp3) is 0.364. The molecule has 1 aromatic carbocycles. The van der Waals surface area contributed by atoms with Crippen molar-refractivity contribution in [3.63, 3.8) is 0 Å². The van der Waals surface area contributed by atoms with Gasteiger partial charge >= 0.3 is 0 Å². The Morgan fingerprint density at radius 1 is 1.10 bits per heavy atom. The average Bonchev–Trinajstić information content (AvgIpc) is 3.23. The summed E-state index contributed by atoms with van der Waals surface area (Å²) in [6.45, 7) is 5.44. The Bertz CT molecular complexity index is 1020. The topological polar surface area (TPSA) is 90.0 Å².